The number of hydrogen-bond acceptors (Lipinski definition) is 0. The van der Waals surface area contributed by atoms with Crippen molar-refractivity contribution >= 4 is 0 Å². The van der Waals surface area contributed by atoms with Crippen LogP contribution in [0, 0.1) is 41.0 Å². The molecule has 2 aromatic carbocycles. The first-order chi connectivity index (χ1) is 13.4. The Kier molecular flexibility index (Phi) is 6.79. The van der Waals surface area contributed by atoms with Gasteiger partial charge in [0.1, 0.15) is 11.6 Å². The number of halogens is 4. The zero-order valence-electron chi connectivity index (χ0n) is 16.6. The minimum Gasteiger partial charge on any atom is -0.206 e. The van der Waals surface area contributed by atoms with Crippen molar-refractivity contribution in [3.8, 4) is 11.1 Å². The fourth-order valence-corrected chi connectivity index (χ4v) is 4.66. The lowest BCUT2D eigenvalue weighted by Crippen LogP contribution is -2.21. The lowest BCUT2D eigenvalue weighted by molar-refractivity contribution is 0.206. The summed E-state index contributed by atoms with van der Waals surface area (Å²) in [5.41, 5.74) is 0.308. The van der Waals surface area contributed by atoms with Gasteiger partial charge >= 0.3 is 0 Å². The topological polar surface area (TPSA) is 0 Å². The van der Waals surface area contributed by atoms with Gasteiger partial charge in [0.2, 0.25) is 0 Å². The molecule has 152 valence electrons. The molecule has 1 atom stereocenters. The van der Waals surface area contributed by atoms with Crippen LogP contribution in [0.2, 0.25) is 0 Å². The standard InChI is InChI=1S/C24H28F4/c1-3-4-16-5-7-18(8-6-16)15(2)11-17-12-22(27)24(23(28)13-17)19-9-10-20(25)21(26)14-19/h9-10,12-16,18H,3-8,11H2,1-2H3/t15-,16-,18-/m1/s1. The maximum absolute atomic E-state index is 14.6. The summed E-state index contributed by atoms with van der Waals surface area (Å²) in [4.78, 5) is 0. The molecule has 0 nitrogen and oxygen atoms in total. The van der Waals surface area contributed by atoms with Gasteiger partial charge in [0.25, 0.3) is 0 Å². The fourth-order valence-electron chi connectivity index (χ4n) is 4.66. The molecule has 0 heterocycles. The predicted octanol–water partition coefficient (Wildman–Crippen LogP) is 7.70. The van der Waals surface area contributed by atoms with Crippen LogP contribution in [0.5, 0.6) is 0 Å². The highest BCUT2D eigenvalue weighted by Crippen LogP contribution is 2.37. The monoisotopic (exact) mass is 392 g/mol. The highest BCUT2D eigenvalue weighted by molar-refractivity contribution is 5.65. The van der Waals surface area contributed by atoms with Gasteiger partial charge in [-0.15, -0.1) is 0 Å². The summed E-state index contributed by atoms with van der Waals surface area (Å²) in [7, 11) is 0. The van der Waals surface area contributed by atoms with Crippen LogP contribution < -0.4 is 0 Å². The van der Waals surface area contributed by atoms with Crippen LogP contribution in [-0.4, -0.2) is 0 Å². The van der Waals surface area contributed by atoms with Gasteiger partial charge in [0.15, 0.2) is 11.6 Å². The predicted molar refractivity (Wildman–Crippen MR) is 105 cm³/mol. The van der Waals surface area contributed by atoms with Crippen LogP contribution in [0.4, 0.5) is 17.6 Å². The van der Waals surface area contributed by atoms with E-state index in [0.717, 1.165) is 18.1 Å². The van der Waals surface area contributed by atoms with Crippen LogP contribution in [-0.2, 0) is 6.42 Å². The van der Waals surface area contributed by atoms with E-state index < -0.39 is 23.3 Å². The first-order valence-corrected chi connectivity index (χ1v) is 10.3. The number of benzene rings is 2. The Bertz CT molecular complexity index is 783. The van der Waals surface area contributed by atoms with Crippen molar-refractivity contribution in [3.63, 3.8) is 0 Å². The van der Waals surface area contributed by atoms with Gasteiger partial charge in [0.05, 0.1) is 5.56 Å². The van der Waals surface area contributed by atoms with E-state index in [1.807, 2.05) is 0 Å². The second-order valence-corrected chi connectivity index (χ2v) is 8.31. The summed E-state index contributed by atoms with van der Waals surface area (Å²) >= 11 is 0. The molecule has 1 aliphatic carbocycles. The average Bonchev–Trinajstić information content (AvgIpc) is 2.65. The Balaban J connectivity index is 1.71. The Morgan fingerprint density at radius 1 is 0.857 bits per heavy atom. The molecule has 1 fully saturated rings. The molecule has 0 amide bonds. The van der Waals surface area contributed by atoms with Crippen LogP contribution >= 0.6 is 0 Å². The second-order valence-electron chi connectivity index (χ2n) is 8.31. The van der Waals surface area contributed by atoms with Crippen molar-refractivity contribution in [2.75, 3.05) is 0 Å². The lowest BCUT2D eigenvalue weighted by Gasteiger charge is -2.32. The molecule has 0 unspecified atom stereocenters. The minimum absolute atomic E-state index is 0.00254. The molecule has 0 N–H and O–H groups in total. The van der Waals surface area contributed by atoms with Crippen molar-refractivity contribution in [3.05, 3.63) is 59.2 Å². The van der Waals surface area contributed by atoms with Crippen molar-refractivity contribution in [1.29, 1.82) is 0 Å². The molecular weight excluding hydrogens is 364 g/mol. The van der Waals surface area contributed by atoms with Crippen LogP contribution in [0.1, 0.15) is 57.9 Å². The molecule has 0 aliphatic heterocycles. The first kappa shape index (κ1) is 20.9. The van der Waals surface area contributed by atoms with Crippen molar-refractivity contribution in [2.45, 2.75) is 58.8 Å². The van der Waals surface area contributed by atoms with Crippen LogP contribution in [0.15, 0.2) is 30.3 Å². The maximum atomic E-state index is 14.6. The number of rotatable bonds is 6. The van der Waals surface area contributed by atoms with E-state index in [4.69, 9.17) is 0 Å². The van der Waals surface area contributed by atoms with Gasteiger partial charge in [0, 0.05) is 0 Å². The Labute approximate surface area is 165 Å². The molecule has 4 heteroatoms. The fraction of sp³-hybridized carbons (Fsp3) is 0.500. The Hall–Kier alpha value is -1.84. The lowest BCUT2D eigenvalue weighted by atomic mass is 9.73. The molecule has 28 heavy (non-hydrogen) atoms. The molecule has 0 spiro atoms. The van der Waals surface area contributed by atoms with Crippen molar-refractivity contribution < 1.29 is 17.6 Å². The second kappa shape index (κ2) is 9.11. The molecule has 0 saturated heterocycles. The largest absolute Gasteiger partial charge is 0.206 e. The smallest absolute Gasteiger partial charge is 0.159 e. The Morgan fingerprint density at radius 3 is 2.07 bits per heavy atom. The van der Waals surface area contributed by atoms with E-state index in [1.165, 1.54) is 56.7 Å². The molecular formula is C24H28F4. The molecule has 1 aliphatic rings. The van der Waals surface area contributed by atoms with Crippen molar-refractivity contribution in [2.24, 2.45) is 17.8 Å². The van der Waals surface area contributed by atoms with Gasteiger partial charge in [-0.3, -0.25) is 0 Å². The average molecular weight is 392 g/mol. The van der Waals surface area contributed by atoms with E-state index in [1.54, 1.807) is 0 Å². The third kappa shape index (κ3) is 4.76. The van der Waals surface area contributed by atoms with E-state index in [-0.39, 0.29) is 11.1 Å². The summed E-state index contributed by atoms with van der Waals surface area (Å²) in [6, 6.07) is 5.57. The summed E-state index contributed by atoms with van der Waals surface area (Å²) in [5, 5.41) is 0. The molecule has 0 aromatic heterocycles. The van der Waals surface area contributed by atoms with E-state index in [0.29, 0.717) is 23.8 Å². The van der Waals surface area contributed by atoms with E-state index in [2.05, 4.69) is 13.8 Å². The molecule has 3 rings (SSSR count). The van der Waals surface area contributed by atoms with Gasteiger partial charge in [-0.25, -0.2) is 17.6 Å². The number of hydrogen-bond donors (Lipinski definition) is 0. The SMILES string of the molecule is CCC[C@H]1CC[C@H]([C@H](C)Cc2cc(F)c(-c3ccc(F)c(F)c3)c(F)c2)CC1. The van der Waals surface area contributed by atoms with E-state index >= 15 is 0 Å². The summed E-state index contributed by atoms with van der Waals surface area (Å²) in [6.07, 6.45) is 8.01. The van der Waals surface area contributed by atoms with E-state index in [9.17, 15) is 17.6 Å². The maximum Gasteiger partial charge on any atom is 0.159 e. The zero-order chi connectivity index (χ0) is 20.3. The summed E-state index contributed by atoms with van der Waals surface area (Å²) < 4.78 is 55.7. The zero-order valence-corrected chi connectivity index (χ0v) is 16.6. The molecule has 2 aromatic rings. The van der Waals surface area contributed by atoms with Crippen LogP contribution in [0.25, 0.3) is 11.1 Å². The highest BCUT2D eigenvalue weighted by Gasteiger charge is 2.25. The Morgan fingerprint density at radius 2 is 1.50 bits per heavy atom. The van der Waals surface area contributed by atoms with Gasteiger partial charge < -0.3 is 0 Å². The van der Waals surface area contributed by atoms with Crippen molar-refractivity contribution in [1.82, 2.24) is 0 Å². The first-order valence-electron chi connectivity index (χ1n) is 10.3. The summed E-state index contributed by atoms with van der Waals surface area (Å²) in [5.74, 6) is -1.85. The summed E-state index contributed by atoms with van der Waals surface area (Å²) in [6.45, 7) is 4.38. The molecule has 0 radical (unpaired) electrons. The molecule has 0 bridgehead atoms. The third-order valence-corrected chi connectivity index (χ3v) is 6.26. The third-order valence-electron chi connectivity index (χ3n) is 6.26. The quantitative estimate of drug-likeness (QED) is 0.442. The van der Waals surface area contributed by atoms with Gasteiger partial charge in [-0.05, 0) is 72.4 Å². The minimum atomic E-state index is -1.12. The van der Waals surface area contributed by atoms with Gasteiger partial charge in [-0.1, -0.05) is 45.6 Å². The molecule has 1 saturated carbocycles. The van der Waals surface area contributed by atoms with Crippen LogP contribution in [0.3, 0.4) is 0 Å². The van der Waals surface area contributed by atoms with Gasteiger partial charge in [-0.2, -0.15) is 0 Å². The highest BCUT2D eigenvalue weighted by atomic mass is 19.2. The normalized spacial score (nSPS) is 20.9.